The number of aryl methyl sites for hydroxylation is 1. The van der Waals surface area contributed by atoms with E-state index >= 15 is 0 Å². The van der Waals surface area contributed by atoms with Crippen LogP contribution in [0, 0.1) is 0 Å². The second-order valence-electron chi connectivity index (χ2n) is 3.32. The van der Waals surface area contributed by atoms with Crippen LogP contribution in [-0.4, -0.2) is 13.1 Å². The average molecular weight is 198 g/mol. The Morgan fingerprint density at radius 1 is 1.38 bits per heavy atom. The van der Waals surface area contributed by atoms with Crippen LogP contribution in [0.5, 0.6) is 0 Å². The van der Waals surface area contributed by atoms with Gasteiger partial charge < -0.3 is 5.32 Å². The van der Waals surface area contributed by atoms with Crippen molar-refractivity contribution in [3.63, 3.8) is 0 Å². The Morgan fingerprint density at radius 3 is 2.69 bits per heavy atom. The summed E-state index contributed by atoms with van der Waals surface area (Å²) < 4.78 is 0. The van der Waals surface area contributed by atoms with Crippen LogP contribution in [0.25, 0.3) is 0 Å². The number of hydrogen-bond acceptors (Lipinski definition) is 1. The number of rotatable bonds is 4. The molecule has 1 atom stereocenters. The van der Waals surface area contributed by atoms with Gasteiger partial charge >= 0.3 is 0 Å². The molecule has 0 aromatic heterocycles. The lowest BCUT2D eigenvalue weighted by atomic mass is 10.1. The zero-order valence-corrected chi connectivity index (χ0v) is 8.93. The molecule has 1 aromatic rings. The third kappa shape index (κ3) is 3.37. The van der Waals surface area contributed by atoms with Gasteiger partial charge in [0.1, 0.15) is 0 Å². The second kappa shape index (κ2) is 5.25. The summed E-state index contributed by atoms with van der Waals surface area (Å²) in [4.78, 5) is 0. The first-order chi connectivity index (χ1) is 6.24. The van der Waals surface area contributed by atoms with Crippen LogP contribution in [0.4, 0.5) is 0 Å². The monoisotopic (exact) mass is 197 g/mol. The summed E-state index contributed by atoms with van der Waals surface area (Å²) in [5.41, 5.74) is 1.24. The van der Waals surface area contributed by atoms with Gasteiger partial charge in [0.2, 0.25) is 0 Å². The van der Waals surface area contributed by atoms with Crippen LogP contribution in [0.15, 0.2) is 24.3 Å². The molecule has 1 nitrogen and oxygen atoms in total. The standard InChI is InChI=1S/C11H16ClN/c1-9(13-2)7-8-10-5-3-4-6-11(10)12/h3-6,9,13H,7-8H2,1-2H3. The van der Waals surface area contributed by atoms with Gasteiger partial charge in [-0.2, -0.15) is 0 Å². The third-order valence-corrected chi connectivity index (χ3v) is 2.67. The second-order valence-corrected chi connectivity index (χ2v) is 3.73. The van der Waals surface area contributed by atoms with Gasteiger partial charge in [0.05, 0.1) is 0 Å². The summed E-state index contributed by atoms with van der Waals surface area (Å²) >= 11 is 6.03. The highest BCUT2D eigenvalue weighted by molar-refractivity contribution is 6.31. The molecule has 0 amide bonds. The fraction of sp³-hybridized carbons (Fsp3) is 0.455. The molecule has 1 aromatic carbocycles. The zero-order valence-electron chi connectivity index (χ0n) is 8.18. The molecule has 0 aliphatic rings. The van der Waals surface area contributed by atoms with Crippen molar-refractivity contribution in [3.8, 4) is 0 Å². The van der Waals surface area contributed by atoms with Gasteiger partial charge in [-0.1, -0.05) is 29.8 Å². The maximum Gasteiger partial charge on any atom is 0.0437 e. The van der Waals surface area contributed by atoms with Crippen LogP contribution >= 0.6 is 11.6 Å². The lowest BCUT2D eigenvalue weighted by Crippen LogP contribution is -2.21. The Hall–Kier alpha value is -0.530. The molecule has 0 fully saturated rings. The third-order valence-electron chi connectivity index (χ3n) is 2.30. The smallest absolute Gasteiger partial charge is 0.0437 e. The van der Waals surface area contributed by atoms with E-state index in [-0.39, 0.29) is 0 Å². The van der Waals surface area contributed by atoms with Crippen molar-refractivity contribution < 1.29 is 0 Å². The first-order valence-electron chi connectivity index (χ1n) is 4.64. The minimum Gasteiger partial charge on any atom is -0.317 e. The highest BCUT2D eigenvalue weighted by atomic mass is 35.5. The van der Waals surface area contributed by atoms with Crippen molar-refractivity contribution in [2.24, 2.45) is 0 Å². The van der Waals surface area contributed by atoms with Crippen molar-refractivity contribution in [1.82, 2.24) is 5.32 Å². The van der Waals surface area contributed by atoms with Gasteiger partial charge in [0.15, 0.2) is 0 Å². The Labute approximate surface area is 85.1 Å². The van der Waals surface area contributed by atoms with E-state index in [1.807, 2.05) is 25.2 Å². The van der Waals surface area contributed by atoms with E-state index in [0.717, 1.165) is 17.9 Å². The van der Waals surface area contributed by atoms with Crippen molar-refractivity contribution in [2.75, 3.05) is 7.05 Å². The Kier molecular flexibility index (Phi) is 4.26. The van der Waals surface area contributed by atoms with Gasteiger partial charge in [-0.05, 0) is 38.4 Å². The molecule has 0 saturated heterocycles. The summed E-state index contributed by atoms with van der Waals surface area (Å²) in [6, 6.07) is 8.58. The van der Waals surface area contributed by atoms with Crippen molar-refractivity contribution in [3.05, 3.63) is 34.9 Å². The fourth-order valence-electron chi connectivity index (χ4n) is 1.22. The zero-order chi connectivity index (χ0) is 9.68. The molecule has 0 spiro atoms. The maximum atomic E-state index is 6.03. The predicted octanol–water partition coefficient (Wildman–Crippen LogP) is 2.88. The molecule has 0 radical (unpaired) electrons. The van der Waals surface area contributed by atoms with Crippen LogP contribution < -0.4 is 5.32 Å². The molecule has 0 saturated carbocycles. The van der Waals surface area contributed by atoms with Gasteiger partial charge in [-0.25, -0.2) is 0 Å². The summed E-state index contributed by atoms with van der Waals surface area (Å²) in [5.74, 6) is 0. The van der Waals surface area contributed by atoms with Gasteiger partial charge in [0, 0.05) is 11.1 Å². The van der Waals surface area contributed by atoms with Crippen molar-refractivity contribution in [2.45, 2.75) is 25.8 Å². The molecular formula is C11H16ClN. The largest absolute Gasteiger partial charge is 0.317 e. The van der Waals surface area contributed by atoms with E-state index in [4.69, 9.17) is 11.6 Å². The number of nitrogens with one attached hydrogen (secondary N) is 1. The molecular weight excluding hydrogens is 182 g/mol. The topological polar surface area (TPSA) is 12.0 Å². The highest BCUT2D eigenvalue weighted by Crippen LogP contribution is 2.16. The summed E-state index contributed by atoms with van der Waals surface area (Å²) in [6.45, 7) is 2.18. The SMILES string of the molecule is CNC(C)CCc1ccccc1Cl. The summed E-state index contributed by atoms with van der Waals surface area (Å²) in [7, 11) is 1.98. The minimum atomic E-state index is 0.552. The molecule has 1 unspecified atom stereocenters. The average Bonchev–Trinajstić information content (AvgIpc) is 2.16. The first-order valence-corrected chi connectivity index (χ1v) is 5.02. The van der Waals surface area contributed by atoms with E-state index in [9.17, 15) is 0 Å². The van der Waals surface area contributed by atoms with Crippen molar-refractivity contribution >= 4 is 11.6 Å². The van der Waals surface area contributed by atoms with E-state index in [1.165, 1.54) is 5.56 Å². The summed E-state index contributed by atoms with van der Waals surface area (Å²) in [5, 5.41) is 4.09. The van der Waals surface area contributed by atoms with Gasteiger partial charge in [-0.15, -0.1) is 0 Å². The fourth-order valence-corrected chi connectivity index (χ4v) is 1.45. The molecule has 2 heteroatoms. The van der Waals surface area contributed by atoms with Crippen LogP contribution in [0.2, 0.25) is 5.02 Å². The highest BCUT2D eigenvalue weighted by Gasteiger charge is 2.01. The van der Waals surface area contributed by atoms with E-state index in [2.05, 4.69) is 18.3 Å². The Balaban J connectivity index is 2.50. The number of hydrogen-bond donors (Lipinski definition) is 1. The van der Waals surface area contributed by atoms with E-state index in [1.54, 1.807) is 0 Å². The van der Waals surface area contributed by atoms with Crippen LogP contribution in [0.3, 0.4) is 0 Å². The molecule has 13 heavy (non-hydrogen) atoms. The first kappa shape index (κ1) is 10.6. The summed E-state index contributed by atoms with van der Waals surface area (Å²) in [6.07, 6.45) is 2.17. The molecule has 72 valence electrons. The van der Waals surface area contributed by atoms with Crippen LogP contribution in [0.1, 0.15) is 18.9 Å². The van der Waals surface area contributed by atoms with Gasteiger partial charge in [-0.3, -0.25) is 0 Å². The normalized spacial score (nSPS) is 12.8. The molecule has 0 bridgehead atoms. The molecule has 0 heterocycles. The number of benzene rings is 1. The minimum absolute atomic E-state index is 0.552. The lowest BCUT2D eigenvalue weighted by Gasteiger charge is -2.10. The molecule has 1 N–H and O–H groups in total. The number of halogens is 1. The predicted molar refractivity (Wildman–Crippen MR) is 58.3 cm³/mol. The van der Waals surface area contributed by atoms with Crippen LogP contribution in [-0.2, 0) is 6.42 Å². The Morgan fingerprint density at radius 2 is 2.08 bits per heavy atom. The Bertz CT molecular complexity index is 260. The van der Waals surface area contributed by atoms with E-state index < -0.39 is 0 Å². The van der Waals surface area contributed by atoms with Crippen molar-refractivity contribution in [1.29, 1.82) is 0 Å². The van der Waals surface area contributed by atoms with Gasteiger partial charge in [0.25, 0.3) is 0 Å². The molecule has 1 rings (SSSR count). The quantitative estimate of drug-likeness (QED) is 0.783. The van der Waals surface area contributed by atoms with E-state index in [0.29, 0.717) is 6.04 Å². The molecule has 0 aliphatic heterocycles. The maximum absolute atomic E-state index is 6.03. The lowest BCUT2D eigenvalue weighted by molar-refractivity contribution is 0.565. The molecule has 0 aliphatic carbocycles.